The van der Waals surface area contributed by atoms with Crippen LogP contribution in [-0.2, 0) is 0 Å². The number of nitrogens with zero attached hydrogens (tertiary/aromatic N) is 1. The molecular weight excluding hydrogens is 599 g/mol. The molecule has 0 spiro atoms. The first-order valence-corrected chi connectivity index (χ1v) is 17.4. The highest BCUT2D eigenvalue weighted by Crippen LogP contribution is 2.52. The second kappa shape index (κ2) is 8.89. The smallest absolute Gasteiger partial charge is 0.0620 e. The fourth-order valence-electron chi connectivity index (χ4n) is 8.94. The van der Waals surface area contributed by atoms with Crippen molar-refractivity contribution >= 4 is 96.4 Å². The zero-order chi connectivity index (χ0) is 31.1. The van der Waals surface area contributed by atoms with Crippen LogP contribution < -0.4 is 0 Å². The van der Waals surface area contributed by atoms with E-state index in [2.05, 4.69) is 156 Å². The molecule has 0 bridgehead atoms. The van der Waals surface area contributed by atoms with Gasteiger partial charge in [-0.15, -0.1) is 11.3 Å². The van der Waals surface area contributed by atoms with Crippen molar-refractivity contribution in [3.8, 4) is 27.9 Å². The highest BCUT2D eigenvalue weighted by Gasteiger charge is 2.26. The van der Waals surface area contributed by atoms with E-state index >= 15 is 0 Å². The van der Waals surface area contributed by atoms with Crippen LogP contribution >= 0.6 is 11.3 Å². The average molecular weight is 624 g/mol. The average Bonchev–Trinajstić information content (AvgIpc) is 3.80. The minimum Gasteiger partial charge on any atom is -0.309 e. The molecule has 48 heavy (non-hydrogen) atoms. The van der Waals surface area contributed by atoms with Gasteiger partial charge < -0.3 is 4.57 Å². The van der Waals surface area contributed by atoms with Crippen LogP contribution in [0.1, 0.15) is 0 Å². The number of hydrogen-bond acceptors (Lipinski definition) is 1. The van der Waals surface area contributed by atoms with Crippen LogP contribution in [0.25, 0.3) is 113 Å². The van der Waals surface area contributed by atoms with Crippen molar-refractivity contribution < 1.29 is 0 Å². The maximum atomic E-state index is 2.56. The summed E-state index contributed by atoms with van der Waals surface area (Å²) >= 11 is 1.92. The second-order valence-corrected chi connectivity index (χ2v) is 14.2. The Morgan fingerprint density at radius 3 is 1.71 bits per heavy atom. The lowest BCUT2D eigenvalue weighted by Crippen LogP contribution is -1.95. The van der Waals surface area contributed by atoms with Crippen molar-refractivity contribution in [2.24, 2.45) is 0 Å². The minimum atomic E-state index is 1.19. The summed E-state index contributed by atoms with van der Waals surface area (Å²) in [7, 11) is 0. The molecule has 0 aliphatic heterocycles. The number of aromatic nitrogens is 1. The predicted octanol–water partition coefficient (Wildman–Crippen LogP) is 13.4. The number of fused-ring (bicyclic) bond motifs is 17. The fourth-order valence-corrected chi connectivity index (χ4v) is 10.2. The first kappa shape index (κ1) is 25.2. The molecule has 0 saturated carbocycles. The first-order chi connectivity index (χ1) is 23.8. The first-order valence-electron chi connectivity index (χ1n) is 16.6. The van der Waals surface area contributed by atoms with Gasteiger partial charge in [0.05, 0.1) is 11.0 Å². The van der Waals surface area contributed by atoms with Crippen LogP contribution in [-0.4, -0.2) is 4.57 Å². The van der Waals surface area contributed by atoms with Crippen molar-refractivity contribution in [1.29, 1.82) is 0 Å². The molecule has 0 N–H and O–H groups in total. The lowest BCUT2D eigenvalue weighted by molar-refractivity contribution is 1.19. The van der Waals surface area contributed by atoms with Gasteiger partial charge in [0.1, 0.15) is 0 Å². The zero-order valence-electron chi connectivity index (χ0n) is 25.8. The van der Waals surface area contributed by atoms with Crippen molar-refractivity contribution in [3.63, 3.8) is 0 Å². The van der Waals surface area contributed by atoms with Crippen LogP contribution in [0.3, 0.4) is 0 Å². The standard InChI is InChI=1S/C46H25NS/c1-2-12-29-27(10-1)28-11-3-5-14-31(28)38-24-26(20-21-33(29)38)47-41-23-22-36-34-16-7-8-19-42(34)48-46(36)44(41)40-25-39-32-15-6-4-13-30(32)35-17-9-18-37(43(35)39)45(40)47/h1-25H. The van der Waals surface area contributed by atoms with E-state index in [0.29, 0.717) is 0 Å². The molecule has 1 aliphatic carbocycles. The summed E-state index contributed by atoms with van der Waals surface area (Å²) in [6.45, 7) is 0. The summed E-state index contributed by atoms with van der Waals surface area (Å²) in [5, 5.41) is 15.8. The molecule has 11 aromatic rings. The van der Waals surface area contributed by atoms with Crippen LogP contribution in [0.2, 0.25) is 0 Å². The molecule has 9 aromatic carbocycles. The molecule has 1 nitrogen and oxygen atoms in total. The van der Waals surface area contributed by atoms with Crippen molar-refractivity contribution in [2.45, 2.75) is 0 Å². The van der Waals surface area contributed by atoms with Crippen molar-refractivity contribution in [2.75, 3.05) is 0 Å². The molecule has 0 radical (unpaired) electrons. The van der Waals surface area contributed by atoms with Gasteiger partial charge in [0.25, 0.3) is 0 Å². The molecule has 0 amide bonds. The number of benzene rings is 9. The largest absolute Gasteiger partial charge is 0.309 e. The van der Waals surface area contributed by atoms with Gasteiger partial charge in [-0.3, -0.25) is 0 Å². The van der Waals surface area contributed by atoms with E-state index in [9.17, 15) is 0 Å². The van der Waals surface area contributed by atoms with Crippen molar-refractivity contribution in [1.82, 2.24) is 4.57 Å². The van der Waals surface area contributed by atoms with E-state index in [0.717, 1.165) is 0 Å². The second-order valence-electron chi connectivity index (χ2n) is 13.2. The van der Waals surface area contributed by atoms with E-state index in [1.54, 1.807) is 0 Å². The Hall–Kier alpha value is -5.96. The maximum Gasteiger partial charge on any atom is 0.0620 e. The summed E-state index contributed by atoms with van der Waals surface area (Å²) in [6, 6.07) is 56.8. The molecule has 2 heterocycles. The molecule has 1 aliphatic rings. The molecule has 0 saturated heterocycles. The number of thiophene rings is 1. The van der Waals surface area contributed by atoms with E-state index in [1.807, 2.05) is 11.3 Å². The van der Waals surface area contributed by atoms with Crippen LogP contribution in [0.5, 0.6) is 0 Å². The number of rotatable bonds is 1. The fraction of sp³-hybridized carbons (Fsp3) is 0. The Balaban J connectivity index is 1.30. The Morgan fingerprint density at radius 2 is 0.938 bits per heavy atom. The lowest BCUT2D eigenvalue weighted by atomic mass is 9.94. The van der Waals surface area contributed by atoms with Gasteiger partial charge in [-0.25, -0.2) is 0 Å². The van der Waals surface area contributed by atoms with Gasteiger partial charge >= 0.3 is 0 Å². The SMILES string of the molecule is c1ccc2c(c1)-c1cccc3c1c-2cc1c2c4sc5ccccc5c4ccc2n(-c2ccc4c5ccccc5c5ccccc5c4c2)c31. The Labute approximate surface area is 279 Å². The molecule has 0 atom stereocenters. The van der Waals surface area contributed by atoms with Gasteiger partial charge in [-0.2, -0.15) is 0 Å². The van der Waals surface area contributed by atoms with E-state index < -0.39 is 0 Å². The molecule has 220 valence electrons. The van der Waals surface area contributed by atoms with Gasteiger partial charge in [0, 0.05) is 42.0 Å². The van der Waals surface area contributed by atoms with Gasteiger partial charge in [-0.05, 0) is 90.3 Å². The van der Waals surface area contributed by atoms with Crippen LogP contribution in [0, 0.1) is 0 Å². The highest BCUT2D eigenvalue weighted by atomic mass is 32.1. The topological polar surface area (TPSA) is 4.93 Å². The molecule has 2 heteroatoms. The third-order valence-corrected chi connectivity index (χ3v) is 12.1. The Kier molecular flexibility index (Phi) is 4.66. The third-order valence-electron chi connectivity index (χ3n) is 10.9. The molecule has 0 unspecified atom stereocenters. The highest BCUT2D eigenvalue weighted by molar-refractivity contribution is 7.26. The summed E-state index contributed by atoms with van der Waals surface area (Å²) in [5.74, 6) is 0. The Bertz CT molecular complexity index is 3190. The molecule has 0 fully saturated rings. The summed E-state index contributed by atoms with van der Waals surface area (Å²) in [4.78, 5) is 0. The zero-order valence-corrected chi connectivity index (χ0v) is 26.6. The van der Waals surface area contributed by atoms with E-state index in [1.165, 1.54) is 113 Å². The minimum absolute atomic E-state index is 1.19. The number of hydrogen-bond donors (Lipinski definition) is 0. The van der Waals surface area contributed by atoms with Gasteiger partial charge in [0.15, 0.2) is 0 Å². The van der Waals surface area contributed by atoms with Crippen LogP contribution in [0.15, 0.2) is 152 Å². The van der Waals surface area contributed by atoms with Gasteiger partial charge in [0.2, 0.25) is 0 Å². The monoisotopic (exact) mass is 623 g/mol. The molecular formula is C46H25NS. The quantitative estimate of drug-likeness (QED) is 0.160. The van der Waals surface area contributed by atoms with Crippen LogP contribution in [0.4, 0.5) is 0 Å². The molecule has 2 aromatic heterocycles. The summed E-state index contributed by atoms with van der Waals surface area (Å²) in [5.41, 5.74) is 9.08. The maximum absolute atomic E-state index is 2.56. The van der Waals surface area contributed by atoms with Crippen molar-refractivity contribution in [3.05, 3.63) is 152 Å². The lowest BCUT2D eigenvalue weighted by Gasteiger charge is -2.15. The normalized spacial score (nSPS) is 12.6. The third kappa shape index (κ3) is 3.02. The predicted molar refractivity (Wildman–Crippen MR) is 208 cm³/mol. The molecule has 12 rings (SSSR count). The summed E-state index contributed by atoms with van der Waals surface area (Å²) in [6.07, 6.45) is 0. The Morgan fingerprint density at radius 1 is 0.354 bits per heavy atom. The van der Waals surface area contributed by atoms with E-state index in [4.69, 9.17) is 0 Å². The van der Waals surface area contributed by atoms with E-state index in [-0.39, 0.29) is 0 Å². The van der Waals surface area contributed by atoms with Gasteiger partial charge in [-0.1, -0.05) is 121 Å². The summed E-state index contributed by atoms with van der Waals surface area (Å²) < 4.78 is 5.26.